The van der Waals surface area contributed by atoms with Crippen molar-refractivity contribution in [1.82, 2.24) is 4.90 Å². The second-order valence-electron chi connectivity index (χ2n) is 11.2. The number of para-hydroxylation sites is 2. The van der Waals surface area contributed by atoms with Crippen molar-refractivity contribution in [3.63, 3.8) is 0 Å². The maximum Gasteiger partial charge on any atom is 0.329 e. The van der Waals surface area contributed by atoms with Gasteiger partial charge in [-0.05, 0) is 42.2 Å². The molecule has 0 N–H and O–H groups in total. The van der Waals surface area contributed by atoms with Crippen molar-refractivity contribution in [1.29, 1.82) is 0 Å². The Balaban J connectivity index is 1.31. The molecule has 1 atom stereocenters. The Labute approximate surface area is 280 Å². The van der Waals surface area contributed by atoms with E-state index in [0.29, 0.717) is 94.6 Å². The van der Waals surface area contributed by atoms with Crippen molar-refractivity contribution in [2.75, 3.05) is 79.3 Å². The fourth-order valence-electron chi connectivity index (χ4n) is 4.77. The van der Waals surface area contributed by atoms with E-state index in [1.807, 2.05) is 38.1 Å². The van der Waals surface area contributed by atoms with Crippen LogP contribution in [0.1, 0.15) is 25.8 Å². The van der Waals surface area contributed by atoms with Crippen LogP contribution in [0.2, 0.25) is 0 Å². The molecule has 0 aromatic heterocycles. The second-order valence-corrected chi connectivity index (χ2v) is 11.2. The van der Waals surface area contributed by atoms with Gasteiger partial charge >= 0.3 is 5.97 Å². The van der Waals surface area contributed by atoms with Crippen LogP contribution in [0.15, 0.2) is 54.6 Å². The van der Waals surface area contributed by atoms with Gasteiger partial charge in [0.25, 0.3) is 11.8 Å². The van der Waals surface area contributed by atoms with Gasteiger partial charge in [-0.15, -0.1) is 0 Å². The van der Waals surface area contributed by atoms with Crippen LogP contribution in [-0.4, -0.2) is 108 Å². The number of fused-ring (bicyclic) bond motifs is 2. The maximum atomic E-state index is 13.1. The highest BCUT2D eigenvalue weighted by molar-refractivity contribution is 6.14. The van der Waals surface area contributed by atoms with Crippen molar-refractivity contribution in [2.24, 2.45) is 5.92 Å². The highest BCUT2D eigenvalue weighted by Crippen LogP contribution is 2.29. The second kappa shape index (κ2) is 20.3. The number of ether oxygens (including phenoxy) is 9. The minimum absolute atomic E-state index is 0.0484. The predicted octanol–water partition coefficient (Wildman–Crippen LogP) is 3.36. The van der Waals surface area contributed by atoms with Crippen LogP contribution in [0.4, 0.5) is 0 Å². The average molecular weight is 672 g/mol. The Bertz CT molecular complexity index is 1330. The summed E-state index contributed by atoms with van der Waals surface area (Å²) in [5, 5.41) is 0. The minimum Gasteiger partial charge on any atom is -0.487 e. The molecule has 0 spiro atoms. The van der Waals surface area contributed by atoms with Crippen LogP contribution in [0.25, 0.3) is 0 Å². The summed E-state index contributed by atoms with van der Waals surface area (Å²) in [5.74, 6) is 0.531. The lowest BCUT2D eigenvalue weighted by atomic mass is 10.0. The molecule has 0 saturated carbocycles. The van der Waals surface area contributed by atoms with Gasteiger partial charge in [0.15, 0.2) is 23.0 Å². The molecule has 13 heteroatoms. The summed E-state index contributed by atoms with van der Waals surface area (Å²) in [6.07, 6.45) is 2.61. The van der Waals surface area contributed by atoms with Crippen molar-refractivity contribution in [3.05, 3.63) is 60.2 Å². The van der Waals surface area contributed by atoms with Crippen LogP contribution in [0, 0.1) is 5.92 Å². The third-order valence-corrected chi connectivity index (χ3v) is 7.05. The van der Waals surface area contributed by atoms with Crippen LogP contribution < -0.4 is 18.9 Å². The summed E-state index contributed by atoms with van der Waals surface area (Å²) >= 11 is 0. The van der Waals surface area contributed by atoms with E-state index in [4.69, 9.17) is 42.6 Å². The standard InChI is InChI=1S/C35H45NO12/c1-26(2)23-28(36-33(37)9-10-34(36)38)35(39)48-25-27-7-8-31-32(24-27)47-22-18-43-14-13-41-16-20-45-30-6-4-3-5-29(30)44-19-15-40-11-12-42-17-21-46-31/h3-10,24,26,28H,11-23,25H2,1-2H3/t28-/m0/s1. The summed E-state index contributed by atoms with van der Waals surface area (Å²) in [4.78, 5) is 38.6. The number of imide groups is 1. The third kappa shape index (κ3) is 12.1. The summed E-state index contributed by atoms with van der Waals surface area (Å²) in [5.41, 5.74) is 0.635. The first-order valence-corrected chi connectivity index (χ1v) is 16.2. The van der Waals surface area contributed by atoms with Crippen molar-refractivity contribution < 1.29 is 57.0 Å². The molecule has 0 saturated heterocycles. The highest BCUT2D eigenvalue weighted by atomic mass is 16.6. The Morgan fingerprint density at radius 3 is 1.56 bits per heavy atom. The largest absolute Gasteiger partial charge is 0.487 e. The van der Waals surface area contributed by atoms with Gasteiger partial charge in [0, 0.05) is 12.2 Å². The summed E-state index contributed by atoms with van der Waals surface area (Å²) in [7, 11) is 0. The summed E-state index contributed by atoms with van der Waals surface area (Å²) in [6.45, 7) is 7.88. The Hall–Kier alpha value is -4.17. The molecule has 2 aliphatic rings. The first-order chi connectivity index (χ1) is 23.4. The van der Waals surface area contributed by atoms with Crippen molar-refractivity contribution >= 4 is 17.8 Å². The quantitative estimate of drug-likeness (QED) is 0.329. The van der Waals surface area contributed by atoms with Gasteiger partial charge in [-0.1, -0.05) is 32.0 Å². The smallest absolute Gasteiger partial charge is 0.329 e. The van der Waals surface area contributed by atoms with Gasteiger partial charge in [-0.2, -0.15) is 0 Å². The minimum atomic E-state index is -1.01. The molecule has 0 radical (unpaired) electrons. The summed E-state index contributed by atoms with van der Waals surface area (Å²) in [6, 6.07) is 11.6. The molecular formula is C35H45NO12. The number of hydrogen-bond acceptors (Lipinski definition) is 12. The number of rotatable bonds is 6. The normalized spacial score (nSPS) is 18.3. The van der Waals surface area contributed by atoms with E-state index in [2.05, 4.69) is 0 Å². The average Bonchev–Trinajstić information content (AvgIpc) is 3.41. The molecule has 0 bridgehead atoms. The number of benzene rings is 2. The molecule has 0 fully saturated rings. The zero-order valence-electron chi connectivity index (χ0n) is 27.6. The van der Waals surface area contributed by atoms with Gasteiger partial charge in [-0.25, -0.2) is 4.79 Å². The lowest BCUT2D eigenvalue weighted by Crippen LogP contribution is -2.46. The molecule has 13 nitrogen and oxygen atoms in total. The SMILES string of the molecule is CC(C)C[C@@H](C(=O)OCc1ccc2c(c1)OCCOCCOCCOc1ccccc1OCCOCCOCCO2)N1C(=O)C=CC1=O. The van der Waals surface area contributed by atoms with E-state index in [0.717, 1.165) is 17.1 Å². The lowest BCUT2D eigenvalue weighted by molar-refractivity contribution is -0.159. The third-order valence-electron chi connectivity index (χ3n) is 7.05. The van der Waals surface area contributed by atoms with E-state index in [1.54, 1.807) is 18.2 Å². The number of amides is 2. The number of carbonyl (C=O) groups excluding carboxylic acids is 3. The van der Waals surface area contributed by atoms with E-state index in [1.165, 1.54) is 0 Å². The zero-order valence-corrected chi connectivity index (χ0v) is 27.6. The number of esters is 1. The number of carbonyl (C=O) groups is 3. The van der Waals surface area contributed by atoms with Gasteiger partial charge in [0.2, 0.25) is 0 Å². The van der Waals surface area contributed by atoms with Gasteiger partial charge < -0.3 is 42.6 Å². The topological polar surface area (TPSA) is 138 Å². The van der Waals surface area contributed by atoms with E-state index < -0.39 is 23.8 Å². The Kier molecular flexibility index (Phi) is 15.5. The monoisotopic (exact) mass is 671 g/mol. The van der Waals surface area contributed by atoms with Gasteiger partial charge in [-0.3, -0.25) is 14.5 Å². The highest BCUT2D eigenvalue weighted by Gasteiger charge is 2.37. The molecule has 48 heavy (non-hydrogen) atoms. The molecule has 2 aromatic carbocycles. The van der Waals surface area contributed by atoms with Crippen LogP contribution >= 0.6 is 0 Å². The summed E-state index contributed by atoms with van der Waals surface area (Å²) < 4.78 is 51.7. The van der Waals surface area contributed by atoms with Crippen LogP contribution in [0.5, 0.6) is 23.0 Å². The fourth-order valence-corrected chi connectivity index (χ4v) is 4.77. The first-order valence-electron chi connectivity index (χ1n) is 16.2. The molecule has 2 aliphatic heterocycles. The van der Waals surface area contributed by atoms with Crippen LogP contribution in [-0.2, 0) is 44.7 Å². The number of nitrogens with zero attached hydrogens (tertiary/aromatic N) is 1. The molecular weight excluding hydrogens is 626 g/mol. The maximum absolute atomic E-state index is 13.1. The van der Waals surface area contributed by atoms with Gasteiger partial charge in [0.05, 0.1) is 52.9 Å². The Morgan fingerprint density at radius 1 is 0.646 bits per heavy atom. The van der Waals surface area contributed by atoms with E-state index >= 15 is 0 Å². The molecule has 2 amide bonds. The van der Waals surface area contributed by atoms with Gasteiger partial charge in [0.1, 0.15) is 39.1 Å². The zero-order chi connectivity index (χ0) is 34.0. The molecule has 2 heterocycles. The number of hydrogen-bond donors (Lipinski definition) is 0. The molecule has 0 unspecified atom stereocenters. The molecule has 2 aromatic rings. The molecule has 262 valence electrons. The fraction of sp³-hybridized carbons (Fsp3) is 0.514. The van der Waals surface area contributed by atoms with Crippen molar-refractivity contribution in [2.45, 2.75) is 32.9 Å². The van der Waals surface area contributed by atoms with E-state index in [-0.39, 0.29) is 32.2 Å². The van der Waals surface area contributed by atoms with E-state index in [9.17, 15) is 14.4 Å². The van der Waals surface area contributed by atoms with Crippen LogP contribution in [0.3, 0.4) is 0 Å². The predicted molar refractivity (Wildman–Crippen MR) is 172 cm³/mol. The molecule has 0 aliphatic carbocycles. The Morgan fingerprint density at radius 2 is 1.08 bits per heavy atom. The first kappa shape index (κ1) is 36.7. The van der Waals surface area contributed by atoms with Crippen molar-refractivity contribution in [3.8, 4) is 23.0 Å². The molecule has 4 rings (SSSR count). The lowest BCUT2D eigenvalue weighted by Gasteiger charge is -2.26.